The monoisotopic (exact) mass is 357 g/mol. The van der Waals surface area contributed by atoms with Gasteiger partial charge in [0.05, 0.1) is 25.0 Å². The zero-order valence-electron chi connectivity index (χ0n) is 13.2. The Morgan fingerprint density at radius 2 is 1.96 bits per heavy atom. The molecule has 1 aromatic carbocycles. The molecular formula is C15H19NO7S. The van der Waals surface area contributed by atoms with Crippen molar-refractivity contribution in [2.45, 2.75) is 30.2 Å². The number of nitrogens with zero attached hydrogens (tertiary/aromatic N) is 1. The van der Waals surface area contributed by atoms with Gasteiger partial charge in [0.2, 0.25) is 10.0 Å². The molecule has 0 spiro atoms. The molecule has 1 N–H and O–H groups in total. The van der Waals surface area contributed by atoms with E-state index in [-0.39, 0.29) is 24.5 Å². The van der Waals surface area contributed by atoms with E-state index in [4.69, 9.17) is 9.84 Å². The van der Waals surface area contributed by atoms with Crippen LogP contribution in [0.2, 0.25) is 0 Å². The first-order valence-electron chi connectivity index (χ1n) is 7.40. The quantitative estimate of drug-likeness (QED) is 0.721. The van der Waals surface area contributed by atoms with Gasteiger partial charge in [0.15, 0.2) is 0 Å². The molecule has 1 fully saturated rings. The maximum atomic E-state index is 12.6. The predicted molar refractivity (Wildman–Crippen MR) is 83.1 cm³/mol. The Labute approximate surface area is 140 Å². The lowest BCUT2D eigenvalue weighted by molar-refractivity contribution is -0.141. The number of aliphatic carboxylic acids is 1. The summed E-state index contributed by atoms with van der Waals surface area (Å²) in [7, 11) is -2.58. The van der Waals surface area contributed by atoms with E-state index in [1.165, 1.54) is 31.4 Å². The molecule has 1 heterocycles. The van der Waals surface area contributed by atoms with E-state index in [9.17, 15) is 18.0 Å². The van der Waals surface area contributed by atoms with E-state index >= 15 is 0 Å². The van der Waals surface area contributed by atoms with Crippen molar-refractivity contribution < 1.29 is 32.6 Å². The molecule has 0 aromatic heterocycles. The van der Waals surface area contributed by atoms with Crippen LogP contribution in [0, 0.1) is 0 Å². The second-order valence-corrected chi connectivity index (χ2v) is 7.15. The van der Waals surface area contributed by atoms with Gasteiger partial charge in [0.25, 0.3) is 0 Å². The fraction of sp³-hybridized carbons (Fsp3) is 0.467. The van der Waals surface area contributed by atoms with Crippen molar-refractivity contribution in [2.75, 3.05) is 20.3 Å². The van der Waals surface area contributed by atoms with Crippen LogP contribution in [0.5, 0.6) is 5.75 Å². The van der Waals surface area contributed by atoms with Crippen molar-refractivity contribution in [3.8, 4) is 5.75 Å². The standard InChI is InChI=1S/C15H19NO7S/c1-22-14(17)8-10-23-11-4-6-12(7-5-11)24(20,21)16-9-2-3-13(16)15(18)19/h4-7,13H,2-3,8-10H2,1H3,(H,18,19)/t13-/m0/s1. The van der Waals surface area contributed by atoms with Gasteiger partial charge in [0, 0.05) is 6.54 Å². The zero-order valence-corrected chi connectivity index (χ0v) is 14.0. The van der Waals surface area contributed by atoms with Gasteiger partial charge in [-0.25, -0.2) is 8.42 Å². The Kier molecular flexibility index (Phi) is 5.79. The van der Waals surface area contributed by atoms with Crippen LogP contribution in [-0.4, -0.2) is 56.1 Å². The number of rotatable bonds is 7. The molecule has 0 aliphatic carbocycles. The molecule has 0 radical (unpaired) electrons. The second-order valence-electron chi connectivity index (χ2n) is 5.26. The second kappa shape index (κ2) is 7.63. The van der Waals surface area contributed by atoms with E-state index in [2.05, 4.69) is 4.74 Å². The van der Waals surface area contributed by atoms with Gasteiger partial charge in [-0.1, -0.05) is 0 Å². The van der Waals surface area contributed by atoms with Crippen molar-refractivity contribution in [2.24, 2.45) is 0 Å². The van der Waals surface area contributed by atoms with Gasteiger partial charge in [-0.3, -0.25) is 9.59 Å². The van der Waals surface area contributed by atoms with Crippen molar-refractivity contribution in [3.63, 3.8) is 0 Å². The molecule has 24 heavy (non-hydrogen) atoms. The highest BCUT2D eigenvalue weighted by molar-refractivity contribution is 7.89. The number of esters is 1. The third-order valence-corrected chi connectivity index (χ3v) is 5.64. The number of carboxylic acid groups (broad SMARTS) is 1. The summed E-state index contributed by atoms with van der Waals surface area (Å²) < 4.78 is 36.0. The van der Waals surface area contributed by atoms with Crippen LogP contribution in [-0.2, 0) is 24.3 Å². The van der Waals surface area contributed by atoms with E-state index < -0.39 is 28.0 Å². The topological polar surface area (TPSA) is 110 Å². The minimum atomic E-state index is -3.86. The summed E-state index contributed by atoms with van der Waals surface area (Å²) in [6.45, 7) is 0.308. The number of hydrogen-bond acceptors (Lipinski definition) is 6. The number of carbonyl (C=O) groups is 2. The van der Waals surface area contributed by atoms with Crippen LogP contribution >= 0.6 is 0 Å². The fourth-order valence-corrected chi connectivity index (χ4v) is 4.12. The number of hydrogen-bond donors (Lipinski definition) is 1. The summed E-state index contributed by atoms with van der Waals surface area (Å²) in [4.78, 5) is 22.2. The first kappa shape index (κ1) is 18.2. The number of benzene rings is 1. The average Bonchev–Trinajstić information content (AvgIpc) is 3.06. The lowest BCUT2D eigenvalue weighted by Gasteiger charge is -2.21. The Hall–Kier alpha value is -2.13. The molecule has 0 bridgehead atoms. The molecule has 132 valence electrons. The van der Waals surface area contributed by atoms with Crippen molar-refractivity contribution in [3.05, 3.63) is 24.3 Å². The van der Waals surface area contributed by atoms with Crippen LogP contribution in [0.4, 0.5) is 0 Å². The molecular weight excluding hydrogens is 338 g/mol. The van der Waals surface area contributed by atoms with Gasteiger partial charge in [0.1, 0.15) is 11.8 Å². The zero-order chi connectivity index (χ0) is 17.7. The van der Waals surface area contributed by atoms with Crippen molar-refractivity contribution in [1.29, 1.82) is 0 Å². The van der Waals surface area contributed by atoms with E-state index in [0.717, 1.165) is 4.31 Å². The molecule has 1 aliphatic rings. The summed E-state index contributed by atoms with van der Waals surface area (Å²) >= 11 is 0. The normalized spacial score (nSPS) is 18.3. The lowest BCUT2D eigenvalue weighted by atomic mass is 10.2. The van der Waals surface area contributed by atoms with Crippen molar-refractivity contribution >= 4 is 22.0 Å². The third-order valence-electron chi connectivity index (χ3n) is 3.72. The summed E-state index contributed by atoms with van der Waals surface area (Å²) in [5.41, 5.74) is 0. The minimum absolute atomic E-state index is 0.0102. The largest absolute Gasteiger partial charge is 0.493 e. The summed E-state index contributed by atoms with van der Waals surface area (Å²) in [5, 5.41) is 9.14. The highest BCUT2D eigenvalue weighted by Gasteiger charge is 2.39. The Balaban J connectivity index is 2.06. The number of carbonyl (C=O) groups excluding carboxylic acids is 1. The molecule has 1 aliphatic heterocycles. The first-order chi connectivity index (χ1) is 11.4. The molecule has 1 saturated heterocycles. The number of methoxy groups -OCH3 is 1. The minimum Gasteiger partial charge on any atom is -0.493 e. The van der Waals surface area contributed by atoms with Crippen molar-refractivity contribution in [1.82, 2.24) is 4.31 Å². The summed E-state index contributed by atoms with van der Waals surface area (Å²) in [6.07, 6.45) is 0.916. The highest BCUT2D eigenvalue weighted by atomic mass is 32.2. The van der Waals surface area contributed by atoms with Gasteiger partial charge in [-0.2, -0.15) is 4.31 Å². The Morgan fingerprint density at radius 1 is 1.29 bits per heavy atom. The lowest BCUT2D eigenvalue weighted by Crippen LogP contribution is -2.40. The smallest absolute Gasteiger partial charge is 0.322 e. The maximum Gasteiger partial charge on any atom is 0.322 e. The molecule has 0 amide bonds. The third kappa shape index (κ3) is 4.04. The Bertz CT molecular complexity index is 699. The maximum absolute atomic E-state index is 12.6. The van der Waals surface area contributed by atoms with E-state index in [1.54, 1.807) is 0 Å². The van der Waals surface area contributed by atoms with E-state index in [0.29, 0.717) is 18.6 Å². The van der Waals surface area contributed by atoms with Crippen LogP contribution in [0.1, 0.15) is 19.3 Å². The molecule has 9 heteroatoms. The van der Waals surface area contributed by atoms with Crippen LogP contribution < -0.4 is 4.74 Å². The number of sulfonamides is 1. The summed E-state index contributed by atoms with van der Waals surface area (Å²) in [6, 6.07) is 4.64. The van der Waals surface area contributed by atoms with Gasteiger partial charge in [-0.05, 0) is 37.1 Å². The van der Waals surface area contributed by atoms with Crippen LogP contribution in [0.15, 0.2) is 29.2 Å². The van der Waals surface area contributed by atoms with E-state index in [1.807, 2.05) is 0 Å². The molecule has 0 saturated carbocycles. The molecule has 1 atom stereocenters. The first-order valence-corrected chi connectivity index (χ1v) is 8.84. The molecule has 8 nitrogen and oxygen atoms in total. The SMILES string of the molecule is COC(=O)CCOc1ccc(S(=O)(=O)N2CCC[C@H]2C(=O)O)cc1. The molecule has 2 rings (SSSR count). The number of carboxylic acids is 1. The van der Waals surface area contributed by atoms with Crippen LogP contribution in [0.25, 0.3) is 0 Å². The van der Waals surface area contributed by atoms with Crippen LogP contribution in [0.3, 0.4) is 0 Å². The van der Waals surface area contributed by atoms with Gasteiger partial charge >= 0.3 is 11.9 Å². The predicted octanol–water partition coefficient (Wildman–Crippen LogP) is 0.866. The summed E-state index contributed by atoms with van der Waals surface area (Å²) in [5.74, 6) is -1.13. The van der Waals surface area contributed by atoms with Gasteiger partial charge < -0.3 is 14.6 Å². The van der Waals surface area contributed by atoms with Gasteiger partial charge in [-0.15, -0.1) is 0 Å². The molecule has 1 aromatic rings. The average molecular weight is 357 g/mol. The Morgan fingerprint density at radius 3 is 2.54 bits per heavy atom. The highest BCUT2D eigenvalue weighted by Crippen LogP contribution is 2.27. The number of ether oxygens (including phenoxy) is 2. The molecule has 0 unspecified atom stereocenters. The fourth-order valence-electron chi connectivity index (χ4n) is 2.47.